The van der Waals surface area contributed by atoms with Crippen molar-refractivity contribution in [3.05, 3.63) is 34.1 Å². The summed E-state index contributed by atoms with van der Waals surface area (Å²) in [5.74, 6) is -0.933. The fourth-order valence-electron chi connectivity index (χ4n) is 1.25. The summed E-state index contributed by atoms with van der Waals surface area (Å²) in [5, 5.41) is 0. The molecule has 0 radical (unpaired) electrons. The lowest BCUT2D eigenvalue weighted by atomic mass is 10.2. The zero-order chi connectivity index (χ0) is 13.0. The van der Waals surface area contributed by atoms with Gasteiger partial charge in [0, 0.05) is 24.5 Å². The molecule has 0 bridgehead atoms. The van der Waals surface area contributed by atoms with Crippen LogP contribution in [0.5, 0.6) is 0 Å². The topological polar surface area (TPSA) is 46.3 Å². The molecular weight excluding hydrogens is 307 g/mol. The van der Waals surface area contributed by atoms with E-state index in [1.165, 1.54) is 17.0 Å². The minimum absolute atomic E-state index is 0.0404. The molecule has 1 rings (SSSR count). The molecule has 0 fully saturated rings. The van der Waals surface area contributed by atoms with Crippen LogP contribution in [0.2, 0.25) is 0 Å². The van der Waals surface area contributed by atoms with E-state index >= 15 is 0 Å². The second-order valence-corrected chi connectivity index (χ2v) is 5.01. The Morgan fingerprint density at radius 2 is 2.24 bits per heavy atom. The number of benzene rings is 1. The van der Waals surface area contributed by atoms with E-state index in [0.717, 1.165) is 0 Å². The normalized spacial score (nSPS) is 10.1. The largest absolute Gasteiger partial charge is 0.393 e. The molecule has 0 atom stereocenters. The molecule has 1 aromatic rings. The van der Waals surface area contributed by atoms with Crippen LogP contribution in [0.3, 0.4) is 0 Å². The van der Waals surface area contributed by atoms with Gasteiger partial charge in [0.1, 0.15) is 5.82 Å². The van der Waals surface area contributed by atoms with E-state index in [9.17, 15) is 9.18 Å². The smallest absolute Gasteiger partial charge is 0.256 e. The molecule has 0 saturated carbocycles. The average molecular weight is 319 g/mol. The van der Waals surface area contributed by atoms with E-state index in [0.29, 0.717) is 22.4 Å². The van der Waals surface area contributed by atoms with Gasteiger partial charge in [0.15, 0.2) is 0 Å². The van der Waals surface area contributed by atoms with Crippen LogP contribution in [0.1, 0.15) is 16.8 Å². The van der Waals surface area contributed by atoms with E-state index in [-0.39, 0.29) is 11.5 Å². The van der Waals surface area contributed by atoms with Gasteiger partial charge in [0.25, 0.3) is 5.91 Å². The van der Waals surface area contributed by atoms with Crippen LogP contribution in [-0.2, 0) is 0 Å². The highest BCUT2D eigenvalue weighted by atomic mass is 79.9. The zero-order valence-corrected chi connectivity index (χ0v) is 11.6. The Balaban J connectivity index is 2.78. The van der Waals surface area contributed by atoms with Crippen molar-refractivity contribution in [1.29, 1.82) is 0 Å². The van der Waals surface area contributed by atoms with Crippen molar-refractivity contribution in [2.75, 3.05) is 13.6 Å². The molecule has 0 saturated heterocycles. The van der Waals surface area contributed by atoms with Crippen LogP contribution in [0.15, 0.2) is 22.7 Å². The zero-order valence-electron chi connectivity index (χ0n) is 9.24. The van der Waals surface area contributed by atoms with Crippen molar-refractivity contribution < 1.29 is 9.18 Å². The number of hydrogen-bond acceptors (Lipinski definition) is 2. The van der Waals surface area contributed by atoms with Crippen LogP contribution < -0.4 is 5.73 Å². The molecule has 17 heavy (non-hydrogen) atoms. The third-order valence-electron chi connectivity index (χ3n) is 2.20. The SMILES string of the molecule is CN(CCC(N)=S)C(=O)c1ccc(Br)cc1F. The second-order valence-electron chi connectivity index (χ2n) is 3.57. The summed E-state index contributed by atoms with van der Waals surface area (Å²) in [6.07, 6.45) is 0.426. The summed E-state index contributed by atoms with van der Waals surface area (Å²) in [6, 6.07) is 4.32. The molecule has 1 aromatic carbocycles. The van der Waals surface area contributed by atoms with Gasteiger partial charge in [-0.05, 0) is 18.2 Å². The van der Waals surface area contributed by atoms with Gasteiger partial charge in [-0.3, -0.25) is 4.79 Å². The highest BCUT2D eigenvalue weighted by Crippen LogP contribution is 2.16. The number of carbonyl (C=O) groups excluding carboxylic acids is 1. The first-order valence-corrected chi connectivity index (χ1v) is 6.10. The maximum absolute atomic E-state index is 13.5. The lowest BCUT2D eigenvalue weighted by Gasteiger charge is -2.17. The van der Waals surface area contributed by atoms with Crippen molar-refractivity contribution in [2.24, 2.45) is 5.73 Å². The summed E-state index contributed by atoms with van der Waals surface area (Å²) < 4.78 is 14.1. The van der Waals surface area contributed by atoms with Gasteiger partial charge in [-0.1, -0.05) is 28.1 Å². The van der Waals surface area contributed by atoms with Gasteiger partial charge in [-0.2, -0.15) is 0 Å². The van der Waals surface area contributed by atoms with Crippen molar-refractivity contribution >= 4 is 39.0 Å². The molecule has 0 spiro atoms. The standard InChI is InChI=1S/C11H12BrFN2OS/c1-15(5-4-10(14)17)11(16)8-3-2-7(12)6-9(8)13/h2-3,6H,4-5H2,1H3,(H2,14,17). The molecule has 0 aliphatic heterocycles. The predicted octanol–water partition coefficient (Wildman–Crippen LogP) is 2.34. The lowest BCUT2D eigenvalue weighted by molar-refractivity contribution is 0.0794. The minimum Gasteiger partial charge on any atom is -0.393 e. The third kappa shape index (κ3) is 4.05. The minimum atomic E-state index is -0.549. The summed E-state index contributed by atoms with van der Waals surface area (Å²) >= 11 is 7.85. The maximum Gasteiger partial charge on any atom is 0.256 e. The third-order valence-corrected chi connectivity index (χ3v) is 2.90. The molecule has 6 heteroatoms. The number of thiocarbonyl (C=S) groups is 1. The predicted molar refractivity (Wildman–Crippen MR) is 72.5 cm³/mol. The first kappa shape index (κ1) is 14.1. The van der Waals surface area contributed by atoms with E-state index in [2.05, 4.69) is 15.9 Å². The van der Waals surface area contributed by atoms with E-state index in [1.54, 1.807) is 13.1 Å². The highest BCUT2D eigenvalue weighted by Gasteiger charge is 2.16. The van der Waals surface area contributed by atoms with Crippen molar-refractivity contribution in [3.63, 3.8) is 0 Å². The van der Waals surface area contributed by atoms with Gasteiger partial charge in [0.2, 0.25) is 0 Å². The van der Waals surface area contributed by atoms with E-state index in [4.69, 9.17) is 18.0 Å². The number of rotatable bonds is 4. The Morgan fingerprint density at radius 1 is 1.59 bits per heavy atom. The molecule has 2 N–H and O–H groups in total. The number of amides is 1. The Kier molecular flexibility index (Phi) is 5.02. The van der Waals surface area contributed by atoms with Gasteiger partial charge < -0.3 is 10.6 Å². The van der Waals surface area contributed by atoms with Gasteiger partial charge in [-0.25, -0.2) is 4.39 Å². The summed E-state index contributed by atoms with van der Waals surface area (Å²) in [7, 11) is 1.59. The van der Waals surface area contributed by atoms with Crippen LogP contribution in [0.25, 0.3) is 0 Å². The molecule has 92 valence electrons. The van der Waals surface area contributed by atoms with Crippen molar-refractivity contribution in [1.82, 2.24) is 4.90 Å². The number of nitrogens with zero attached hydrogens (tertiary/aromatic N) is 1. The second kappa shape index (κ2) is 6.07. The molecule has 3 nitrogen and oxygen atoms in total. The van der Waals surface area contributed by atoms with Gasteiger partial charge in [-0.15, -0.1) is 0 Å². The van der Waals surface area contributed by atoms with Crippen LogP contribution in [0, 0.1) is 5.82 Å². The first-order chi connectivity index (χ1) is 7.91. The first-order valence-electron chi connectivity index (χ1n) is 4.90. The van der Waals surface area contributed by atoms with Crippen LogP contribution in [-0.4, -0.2) is 29.4 Å². The Hall–Kier alpha value is -1.01. The molecule has 1 amide bonds. The van der Waals surface area contributed by atoms with Crippen molar-refractivity contribution in [2.45, 2.75) is 6.42 Å². The molecule has 0 aliphatic rings. The number of nitrogens with two attached hydrogens (primary N) is 1. The van der Waals surface area contributed by atoms with E-state index in [1.807, 2.05) is 0 Å². The lowest BCUT2D eigenvalue weighted by Crippen LogP contribution is -2.30. The van der Waals surface area contributed by atoms with Crippen LogP contribution >= 0.6 is 28.1 Å². The monoisotopic (exact) mass is 318 g/mol. The number of hydrogen-bond donors (Lipinski definition) is 1. The highest BCUT2D eigenvalue weighted by molar-refractivity contribution is 9.10. The summed E-state index contributed by atoms with van der Waals surface area (Å²) in [6.45, 7) is 0.379. The van der Waals surface area contributed by atoms with E-state index < -0.39 is 5.82 Å². The molecular formula is C11H12BrFN2OS. The van der Waals surface area contributed by atoms with Gasteiger partial charge >= 0.3 is 0 Å². The fraction of sp³-hybridized carbons (Fsp3) is 0.273. The van der Waals surface area contributed by atoms with Crippen LogP contribution in [0.4, 0.5) is 4.39 Å². The molecule has 0 heterocycles. The Bertz CT molecular complexity index is 453. The maximum atomic E-state index is 13.5. The fourth-order valence-corrected chi connectivity index (χ4v) is 1.67. The average Bonchev–Trinajstić information content (AvgIpc) is 2.25. The molecule has 0 aromatic heterocycles. The Labute approximate surface area is 113 Å². The molecule has 0 unspecified atom stereocenters. The molecule has 0 aliphatic carbocycles. The summed E-state index contributed by atoms with van der Waals surface area (Å²) in [5.41, 5.74) is 5.38. The summed E-state index contributed by atoms with van der Waals surface area (Å²) in [4.78, 5) is 13.6. The quantitative estimate of drug-likeness (QED) is 0.867. The van der Waals surface area contributed by atoms with Crippen molar-refractivity contribution in [3.8, 4) is 0 Å². The number of halogens is 2. The van der Waals surface area contributed by atoms with Gasteiger partial charge in [0.05, 0.1) is 10.6 Å². The number of carbonyl (C=O) groups is 1. The Morgan fingerprint density at radius 3 is 2.76 bits per heavy atom.